The first-order chi connectivity index (χ1) is 16.2. The molecule has 0 fully saturated rings. The summed E-state index contributed by atoms with van der Waals surface area (Å²) in [5, 5.41) is 3.38. The molecule has 34 heavy (non-hydrogen) atoms. The van der Waals surface area contributed by atoms with Gasteiger partial charge in [0, 0.05) is 38.7 Å². The number of para-hydroxylation sites is 1. The van der Waals surface area contributed by atoms with Crippen molar-refractivity contribution in [1.29, 1.82) is 0 Å². The van der Waals surface area contributed by atoms with Gasteiger partial charge in [0.25, 0.3) is 0 Å². The number of hydrogen-bond acceptors (Lipinski definition) is 2. The SMILES string of the molecule is COCCCN(Cc1cccn1Cc1cccc(C(F)(F)F)c1)C(=O)Nc1c(Cl)cccc1Cl. The van der Waals surface area contributed by atoms with E-state index in [1.807, 2.05) is 10.6 Å². The lowest BCUT2D eigenvalue weighted by Crippen LogP contribution is -2.36. The molecule has 0 aliphatic heterocycles. The molecule has 0 radical (unpaired) electrons. The zero-order valence-electron chi connectivity index (χ0n) is 18.4. The van der Waals surface area contributed by atoms with Gasteiger partial charge in [-0.3, -0.25) is 0 Å². The van der Waals surface area contributed by atoms with Gasteiger partial charge in [0.05, 0.1) is 27.8 Å². The van der Waals surface area contributed by atoms with Gasteiger partial charge in [-0.1, -0.05) is 41.4 Å². The molecule has 3 rings (SSSR count). The Kier molecular flexibility index (Phi) is 8.88. The Morgan fingerprint density at radius 2 is 1.79 bits per heavy atom. The standard InChI is InChI=1S/C24H24Cl2F3N3O2/c1-34-13-5-12-32(23(33)30-22-20(25)9-3-10-21(22)26)16-19-8-4-11-31(19)15-17-6-2-7-18(14-17)24(27,28)29/h2-4,6-11,14H,5,12-13,15-16H2,1H3,(H,30,33). The van der Waals surface area contributed by atoms with Crippen LogP contribution in [0.25, 0.3) is 0 Å². The van der Waals surface area contributed by atoms with Crippen LogP contribution in [0.15, 0.2) is 60.8 Å². The number of ether oxygens (including phenoxy) is 1. The fourth-order valence-corrected chi connectivity index (χ4v) is 3.93. The number of hydrogen-bond donors (Lipinski definition) is 1. The number of carbonyl (C=O) groups excluding carboxylic acids is 1. The molecule has 0 aliphatic rings. The van der Waals surface area contributed by atoms with Crippen LogP contribution in [0.5, 0.6) is 0 Å². The normalized spacial score (nSPS) is 11.5. The molecule has 0 spiro atoms. The molecule has 5 nitrogen and oxygen atoms in total. The van der Waals surface area contributed by atoms with Crippen LogP contribution >= 0.6 is 23.2 Å². The van der Waals surface area contributed by atoms with Crippen molar-refractivity contribution >= 4 is 34.9 Å². The molecule has 2 amide bonds. The number of methoxy groups -OCH3 is 1. The lowest BCUT2D eigenvalue weighted by atomic mass is 10.1. The summed E-state index contributed by atoms with van der Waals surface area (Å²) in [6.07, 6.45) is -2.05. The van der Waals surface area contributed by atoms with Crippen molar-refractivity contribution in [1.82, 2.24) is 9.47 Å². The highest BCUT2D eigenvalue weighted by Crippen LogP contribution is 2.31. The van der Waals surface area contributed by atoms with E-state index < -0.39 is 17.8 Å². The molecular formula is C24H24Cl2F3N3O2. The highest BCUT2D eigenvalue weighted by Gasteiger charge is 2.30. The zero-order valence-corrected chi connectivity index (χ0v) is 19.9. The lowest BCUT2D eigenvalue weighted by molar-refractivity contribution is -0.137. The van der Waals surface area contributed by atoms with Gasteiger partial charge in [0.1, 0.15) is 0 Å². The number of rotatable bonds is 9. The van der Waals surface area contributed by atoms with Crippen LogP contribution in [-0.2, 0) is 24.0 Å². The first-order valence-corrected chi connectivity index (χ1v) is 11.2. The summed E-state index contributed by atoms with van der Waals surface area (Å²) in [6, 6.07) is 13.3. The second-order valence-corrected chi connectivity index (χ2v) is 8.43. The molecule has 10 heteroatoms. The maximum atomic E-state index is 13.1. The molecule has 1 N–H and O–H groups in total. The van der Waals surface area contributed by atoms with Gasteiger partial charge in [-0.25, -0.2) is 4.79 Å². The largest absolute Gasteiger partial charge is 0.416 e. The van der Waals surface area contributed by atoms with Crippen LogP contribution in [0.4, 0.5) is 23.7 Å². The van der Waals surface area contributed by atoms with Crippen molar-refractivity contribution in [3.63, 3.8) is 0 Å². The minimum Gasteiger partial charge on any atom is -0.385 e. The molecule has 0 bridgehead atoms. The van der Waals surface area contributed by atoms with Crippen LogP contribution in [0.1, 0.15) is 23.2 Å². The van der Waals surface area contributed by atoms with Crippen LogP contribution in [0, 0.1) is 0 Å². The second-order valence-electron chi connectivity index (χ2n) is 7.62. The Morgan fingerprint density at radius 1 is 1.09 bits per heavy atom. The maximum Gasteiger partial charge on any atom is 0.416 e. The third kappa shape index (κ3) is 6.91. The summed E-state index contributed by atoms with van der Waals surface area (Å²) in [5.74, 6) is 0. The fourth-order valence-electron chi connectivity index (χ4n) is 3.44. The number of halogens is 5. The molecule has 1 aromatic heterocycles. The van der Waals surface area contributed by atoms with Crippen molar-refractivity contribution in [2.75, 3.05) is 25.6 Å². The van der Waals surface area contributed by atoms with Gasteiger partial charge < -0.3 is 19.5 Å². The van der Waals surface area contributed by atoms with Gasteiger partial charge in [0.2, 0.25) is 0 Å². The Labute approximate surface area is 206 Å². The zero-order chi connectivity index (χ0) is 24.7. The summed E-state index contributed by atoms with van der Waals surface area (Å²) in [6.45, 7) is 1.30. The number of nitrogens with one attached hydrogen (secondary N) is 1. The van der Waals surface area contributed by atoms with Crippen molar-refractivity contribution in [2.24, 2.45) is 0 Å². The van der Waals surface area contributed by atoms with E-state index >= 15 is 0 Å². The van der Waals surface area contributed by atoms with Crippen molar-refractivity contribution in [3.8, 4) is 0 Å². The summed E-state index contributed by atoms with van der Waals surface area (Å²) in [7, 11) is 1.58. The Bertz CT molecular complexity index is 1100. The maximum absolute atomic E-state index is 13.1. The van der Waals surface area contributed by atoms with E-state index in [4.69, 9.17) is 27.9 Å². The highest BCUT2D eigenvalue weighted by atomic mass is 35.5. The van der Waals surface area contributed by atoms with Crippen molar-refractivity contribution in [3.05, 3.63) is 87.7 Å². The molecule has 0 unspecified atom stereocenters. The number of carbonyl (C=O) groups is 1. The van der Waals surface area contributed by atoms with E-state index in [2.05, 4.69) is 5.32 Å². The Hall–Kier alpha value is -2.68. The topological polar surface area (TPSA) is 46.5 Å². The molecular weight excluding hydrogens is 490 g/mol. The van der Waals surface area contributed by atoms with E-state index in [0.717, 1.165) is 17.8 Å². The average Bonchev–Trinajstić information content (AvgIpc) is 3.21. The van der Waals surface area contributed by atoms with Crippen molar-refractivity contribution < 1.29 is 22.7 Å². The van der Waals surface area contributed by atoms with Gasteiger partial charge in [-0.2, -0.15) is 13.2 Å². The smallest absolute Gasteiger partial charge is 0.385 e. The summed E-state index contributed by atoms with van der Waals surface area (Å²) in [5.41, 5.74) is 0.878. The van der Waals surface area contributed by atoms with E-state index in [1.165, 1.54) is 6.07 Å². The third-order valence-electron chi connectivity index (χ3n) is 5.14. The lowest BCUT2D eigenvalue weighted by Gasteiger charge is -2.24. The number of benzene rings is 2. The molecule has 0 aliphatic carbocycles. The van der Waals surface area contributed by atoms with Crippen LogP contribution in [0.3, 0.4) is 0 Å². The number of urea groups is 1. The van der Waals surface area contributed by atoms with Gasteiger partial charge >= 0.3 is 12.2 Å². The highest BCUT2D eigenvalue weighted by molar-refractivity contribution is 6.39. The Balaban J connectivity index is 1.79. The molecule has 182 valence electrons. The first kappa shape index (κ1) is 25.9. The predicted octanol–water partition coefficient (Wildman–Crippen LogP) is 6.93. The van der Waals surface area contributed by atoms with E-state index in [9.17, 15) is 18.0 Å². The molecule has 3 aromatic rings. The van der Waals surface area contributed by atoms with E-state index in [-0.39, 0.29) is 13.1 Å². The molecule has 2 aromatic carbocycles. The van der Waals surface area contributed by atoms with Gasteiger partial charge in [-0.05, 0) is 48.4 Å². The number of anilines is 1. The van der Waals surface area contributed by atoms with E-state index in [0.29, 0.717) is 40.9 Å². The number of nitrogens with zero attached hydrogens (tertiary/aromatic N) is 2. The second kappa shape index (κ2) is 11.6. The summed E-state index contributed by atoms with van der Waals surface area (Å²) < 4.78 is 46.2. The third-order valence-corrected chi connectivity index (χ3v) is 5.77. The fraction of sp³-hybridized carbons (Fsp3) is 0.292. The minimum atomic E-state index is -4.41. The van der Waals surface area contributed by atoms with Gasteiger partial charge in [0.15, 0.2) is 0 Å². The molecule has 1 heterocycles. The Morgan fingerprint density at radius 3 is 2.47 bits per heavy atom. The van der Waals surface area contributed by atoms with Crippen LogP contribution in [-0.4, -0.2) is 35.8 Å². The number of aromatic nitrogens is 1. The molecule has 0 atom stereocenters. The van der Waals surface area contributed by atoms with Crippen LogP contribution in [0.2, 0.25) is 10.0 Å². The predicted molar refractivity (Wildman–Crippen MR) is 127 cm³/mol. The average molecular weight is 514 g/mol. The number of amides is 2. The molecule has 0 saturated heterocycles. The van der Waals surface area contributed by atoms with Crippen LogP contribution < -0.4 is 5.32 Å². The van der Waals surface area contributed by atoms with Crippen molar-refractivity contribution in [2.45, 2.75) is 25.7 Å². The molecule has 0 saturated carbocycles. The minimum absolute atomic E-state index is 0.226. The summed E-state index contributed by atoms with van der Waals surface area (Å²) in [4.78, 5) is 14.7. The first-order valence-electron chi connectivity index (χ1n) is 10.5. The van der Waals surface area contributed by atoms with Gasteiger partial charge in [-0.15, -0.1) is 0 Å². The monoisotopic (exact) mass is 513 g/mol. The summed E-state index contributed by atoms with van der Waals surface area (Å²) >= 11 is 12.4. The van der Waals surface area contributed by atoms with E-state index in [1.54, 1.807) is 48.5 Å². The quantitative estimate of drug-likeness (QED) is 0.315. The number of alkyl halides is 3.